The van der Waals surface area contributed by atoms with E-state index < -0.39 is 17.8 Å². The Bertz CT molecular complexity index is 1370. The van der Waals surface area contributed by atoms with Crippen LogP contribution >= 0.6 is 11.6 Å². The normalized spacial score (nSPS) is 14.4. The SMILES string of the molecule is CCCOc1ccc(/C=C2\C(=O)NC(=O)N(c3ccc(OCc4ccccc4Cl)cc3)C2=O)cc1OCC. The number of halogens is 1. The van der Waals surface area contributed by atoms with Gasteiger partial charge in [0, 0.05) is 10.6 Å². The molecule has 1 aliphatic heterocycles. The summed E-state index contributed by atoms with van der Waals surface area (Å²) in [7, 11) is 0. The van der Waals surface area contributed by atoms with Crippen molar-refractivity contribution in [3.63, 3.8) is 0 Å². The molecule has 196 valence electrons. The molecule has 4 amide bonds. The molecule has 0 aromatic heterocycles. The first kappa shape index (κ1) is 26.8. The fourth-order valence-electron chi connectivity index (χ4n) is 3.74. The highest BCUT2D eigenvalue weighted by atomic mass is 35.5. The zero-order valence-electron chi connectivity index (χ0n) is 21.0. The second-order valence-corrected chi connectivity index (χ2v) is 8.73. The molecule has 3 aromatic carbocycles. The lowest BCUT2D eigenvalue weighted by Gasteiger charge is -2.26. The lowest BCUT2D eigenvalue weighted by Crippen LogP contribution is -2.54. The zero-order chi connectivity index (χ0) is 27.1. The smallest absolute Gasteiger partial charge is 0.335 e. The summed E-state index contributed by atoms with van der Waals surface area (Å²) in [4.78, 5) is 39.4. The van der Waals surface area contributed by atoms with E-state index in [9.17, 15) is 14.4 Å². The van der Waals surface area contributed by atoms with Crippen LogP contribution in [0.5, 0.6) is 17.2 Å². The predicted octanol–water partition coefficient (Wildman–Crippen LogP) is 5.77. The zero-order valence-corrected chi connectivity index (χ0v) is 21.8. The molecule has 0 saturated carbocycles. The topological polar surface area (TPSA) is 94.2 Å². The summed E-state index contributed by atoms with van der Waals surface area (Å²) >= 11 is 6.17. The van der Waals surface area contributed by atoms with Crippen LogP contribution in [0.15, 0.2) is 72.3 Å². The van der Waals surface area contributed by atoms with E-state index in [0.29, 0.717) is 41.0 Å². The van der Waals surface area contributed by atoms with Crippen molar-refractivity contribution in [3.8, 4) is 17.2 Å². The molecule has 0 radical (unpaired) electrons. The maximum atomic E-state index is 13.3. The molecule has 0 bridgehead atoms. The number of barbiturate groups is 1. The molecule has 0 spiro atoms. The first-order valence-corrected chi connectivity index (χ1v) is 12.6. The van der Waals surface area contributed by atoms with E-state index in [1.165, 1.54) is 6.08 Å². The van der Waals surface area contributed by atoms with Crippen LogP contribution in [0.1, 0.15) is 31.4 Å². The molecule has 4 rings (SSSR count). The van der Waals surface area contributed by atoms with Gasteiger partial charge in [0.05, 0.1) is 18.9 Å². The second kappa shape index (κ2) is 12.3. The summed E-state index contributed by atoms with van der Waals surface area (Å²) in [6, 6.07) is 18.1. The van der Waals surface area contributed by atoms with Crippen molar-refractivity contribution in [2.24, 2.45) is 0 Å². The van der Waals surface area contributed by atoms with Crippen molar-refractivity contribution in [3.05, 3.63) is 88.5 Å². The van der Waals surface area contributed by atoms with Gasteiger partial charge in [-0.15, -0.1) is 0 Å². The summed E-state index contributed by atoms with van der Waals surface area (Å²) in [6.45, 7) is 5.06. The van der Waals surface area contributed by atoms with Crippen LogP contribution in [-0.2, 0) is 16.2 Å². The van der Waals surface area contributed by atoms with E-state index in [1.54, 1.807) is 48.5 Å². The van der Waals surface area contributed by atoms with Crippen molar-refractivity contribution in [1.29, 1.82) is 0 Å². The van der Waals surface area contributed by atoms with Crippen LogP contribution in [-0.4, -0.2) is 31.1 Å². The molecule has 3 aromatic rings. The Labute approximate surface area is 225 Å². The summed E-state index contributed by atoms with van der Waals surface area (Å²) < 4.78 is 17.2. The van der Waals surface area contributed by atoms with Gasteiger partial charge in [-0.25, -0.2) is 9.69 Å². The van der Waals surface area contributed by atoms with E-state index >= 15 is 0 Å². The molecule has 1 aliphatic rings. The third-order valence-corrected chi connectivity index (χ3v) is 5.96. The van der Waals surface area contributed by atoms with Gasteiger partial charge in [0.1, 0.15) is 17.9 Å². The number of urea groups is 1. The van der Waals surface area contributed by atoms with Crippen LogP contribution < -0.4 is 24.4 Å². The number of anilines is 1. The van der Waals surface area contributed by atoms with Crippen LogP contribution in [0.2, 0.25) is 5.02 Å². The van der Waals surface area contributed by atoms with Crippen LogP contribution in [0.4, 0.5) is 10.5 Å². The average Bonchev–Trinajstić information content (AvgIpc) is 2.91. The van der Waals surface area contributed by atoms with Crippen LogP contribution in [0, 0.1) is 0 Å². The van der Waals surface area contributed by atoms with Gasteiger partial charge >= 0.3 is 6.03 Å². The molecule has 0 unspecified atom stereocenters. The van der Waals surface area contributed by atoms with Gasteiger partial charge in [0.25, 0.3) is 11.8 Å². The van der Waals surface area contributed by atoms with Crippen molar-refractivity contribution in [2.45, 2.75) is 26.9 Å². The fourth-order valence-corrected chi connectivity index (χ4v) is 3.93. The molecular formula is C29H27ClN2O6. The van der Waals surface area contributed by atoms with Gasteiger partial charge in [-0.05, 0) is 67.4 Å². The Kier molecular flexibility index (Phi) is 8.66. The van der Waals surface area contributed by atoms with Gasteiger partial charge in [-0.1, -0.05) is 42.8 Å². The van der Waals surface area contributed by atoms with E-state index in [-0.39, 0.29) is 17.9 Å². The van der Waals surface area contributed by atoms with Crippen molar-refractivity contribution in [1.82, 2.24) is 5.32 Å². The molecule has 1 heterocycles. The molecular weight excluding hydrogens is 508 g/mol. The van der Waals surface area contributed by atoms with Gasteiger partial charge < -0.3 is 14.2 Å². The standard InChI is InChI=1S/C29H27ClN2O6/c1-3-15-37-25-14-9-19(17-26(25)36-4-2)16-23-27(33)31-29(35)32(28(23)34)21-10-12-22(13-11-21)38-18-20-7-5-6-8-24(20)30/h5-14,16-17H,3-4,15,18H2,1-2H3,(H,31,33,35)/b23-16+. The largest absolute Gasteiger partial charge is 0.490 e. The quantitative estimate of drug-likeness (QED) is 0.262. The maximum absolute atomic E-state index is 13.3. The first-order valence-electron chi connectivity index (χ1n) is 12.2. The minimum absolute atomic E-state index is 0.187. The highest BCUT2D eigenvalue weighted by Crippen LogP contribution is 2.31. The molecule has 1 saturated heterocycles. The van der Waals surface area contributed by atoms with Crippen LogP contribution in [0.25, 0.3) is 6.08 Å². The third-order valence-electron chi connectivity index (χ3n) is 5.59. The first-order chi connectivity index (χ1) is 18.4. The van der Waals surface area contributed by atoms with Crippen molar-refractivity contribution in [2.75, 3.05) is 18.1 Å². The lowest BCUT2D eigenvalue weighted by molar-refractivity contribution is -0.122. The van der Waals surface area contributed by atoms with Crippen molar-refractivity contribution < 1.29 is 28.6 Å². The lowest BCUT2D eigenvalue weighted by atomic mass is 10.1. The number of nitrogens with zero attached hydrogens (tertiary/aromatic N) is 1. The third kappa shape index (κ3) is 6.15. The highest BCUT2D eigenvalue weighted by molar-refractivity contribution is 6.39. The van der Waals surface area contributed by atoms with E-state index in [2.05, 4.69) is 5.32 Å². The summed E-state index contributed by atoms with van der Waals surface area (Å²) in [5.41, 5.74) is 1.48. The van der Waals surface area contributed by atoms with Gasteiger partial charge in [-0.3, -0.25) is 14.9 Å². The Morgan fingerprint density at radius 3 is 2.37 bits per heavy atom. The highest BCUT2D eigenvalue weighted by Gasteiger charge is 2.36. The molecule has 9 heteroatoms. The monoisotopic (exact) mass is 534 g/mol. The molecule has 38 heavy (non-hydrogen) atoms. The Morgan fingerprint density at radius 1 is 0.895 bits per heavy atom. The van der Waals surface area contributed by atoms with Crippen molar-refractivity contribution >= 4 is 41.2 Å². The Balaban J connectivity index is 1.54. The minimum atomic E-state index is -0.833. The number of nitrogens with one attached hydrogen (secondary N) is 1. The fraction of sp³-hybridized carbons (Fsp3) is 0.207. The minimum Gasteiger partial charge on any atom is -0.490 e. The molecule has 0 aliphatic carbocycles. The van der Waals surface area contributed by atoms with Gasteiger partial charge in [-0.2, -0.15) is 0 Å². The van der Waals surface area contributed by atoms with E-state index in [4.69, 9.17) is 25.8 Å². The van der Waals surface area contributed by atoms with Gasteiger partial charge in [0.2, 0.25) is 0 Å². The van der Waals surface area contributed by atoms with Gasteiger partial charge in [0.15, 0.2) is 11.5 Å². The predicted molar refractivity (Wildman–Crippen MR) is 145 cm³/mol. The van der Waals surface area contributed by atoms with E-state index in [1.807, 2.05) is 32.0 Å². The Morgan fingerprint density at radius 2 is 1.66 bits per heavy atom. The summed E-state index contributed by atoms with van der Waals surface area (Å²) in [5, 5.41) is 2.83. The number of rotatable bonds is 10. The maximum Gasteiger partial charge on any atom is 0.335 e. The summed E-state index contributed by atoms with van der Waals surface area (Å²) in [6.07, 6.45) is 2.26. The Hall–Kier alpha value is -4.30. The number of carbonyl (C=O) groups excluding carboxylic acids is 3. The van der Waals surface area contributed by atoms with Crippen LogP contribution in [0.3, 0.4) is 0 Å². The molecule has 1 fully saturated rings. The molecule has 0 atom stereocenters. The van der Waals surface area contributed by atoms with E-state index in [0.717, 1.165) is 16.9 Å². The number of ether oxygens (including phenoxy) is 3. The average molecular weight is 535 g/mol. The summed E-state index contributed by atoms with van der Waals surface area (Å²) in [5.74, 6) is 0.0791. The second-order valence-electron chi connectivity index (χ2n) is 8.32. The number of benzene rings is 3. The number of carbonyl (C=O) groups is 3. The number of hydrogen-bond acceptors (Lipinski definition) is 6. The molecule has 8 nitrogen and oxygen atoms in total. The number of imide groups is 2. The molecule has 1 N–H and O–H groups in total. The number of hydrogen-bond donors (Lipinski definition) is 1. The number of amides is 4.